The van der Waals surface area contributed by atoms with E-state index in [1.54, 1.807) is 6.92 Å². The van der Waals surface area contributed by atoms with Crippen LogP contribution in [0, 0.1) is 34.5 Å². The van der Waals surface area contributed by atoms with Gasteiger partial charge in [-0.05, 0) is 88.4 Å². The summed E-state index contributed by atoms with van der Waals surface area (Å²) in [6, 6.07) is 0. The van der Waals surface area contributed by atoms with Crippen molar-refractivity contribution in [1.82, 2.24) is 0 Å². The van der Waals surface area contributed by atoms with Crippen molar-refractivity contribution in [2.24, 2.45) is 34.5 Å². The Labute approximate surface area is 260 Å². The molecule has 0 aromatic rings. The minimum absolute atomic E-state index is 0.00213. The second-order valence-electron chi connectivity index (χ2n) is 15.4. The number of fused-ring (bicyclic) bond motifs is 5. The zero-order chi connectivity index (χ0) is 31.9. The van der Waals surface area contributed by atoms with Gasteiger partial charge in [0.1, 0.15) is 36.1 Å². The summed E-state index contributed by atoms with van der Waals surface area (Å²) in [6.07, 6.45) is -0.139. The lowest BCUT2D eigenvalue weighted by Gasteiger charge is -2.60. The Kier molecular flexibility index (Phi) is 8.44. The summed E-state index contributed by atoms with van der Waals surface area (Å²) in [5.41, 5.74) is 1.08. The topological polar surface area (TPSA) is 166 Å². The predicted octanol–water partition coefficient (Wildman–Crippen LogP) is 2.12. The summed E-state index contributed by atoms with van der Waals surface area (Å²) in [5.74, 6) is 0.730. The molecule has 0 bridgehead atoms. The highest BCUT2D eigenvalue weighted by Gasteiger charge is 2.64. The lowest BCUT2D eigenvalue weighted by atomic mass is 9.45. The molecule has 0 spiro atoms. The molecule has 4 aliphatic carbocycles. The molecule has 0 radical (unpaired) electrons. The molecule has 2 heterocycles. The van der Waals surface area contributed by atoms with Crippen LogP contribution in [-0.4, -0.2) is 97.8 Å². The summed E-state index contributed by atoms with van der Waals surface area (Å²) < 4.78 is 17.4. The molecule has 6 rings (SSSR count). The lowest BCUT2D eigenvalue weighted by molar-refractivity contribution is -0.310. The SMILES string of the molecule is CC1=C(C)C(=O)O[C@@H]([C@](C)(O)[C@H]2CC[C@H]3[C@@H]4CCC5=C[C@@H](O[C@@H]6O[C@H](CO)[C@@H](O)[C@H](O)[C@H]6O)C[C@H](O)[C@]5(C)[C@H]4CC[C@]23C)C1. The number of hydrogen-bond donors (Lipinski definition) is 6. The zero-order valence-corrected chi connectivity index (χ0v) is 26.7. The maximum absolute atomic E-state index is 12.6. The van der Waals surface area contributed by atoms with Crippen molar-refractivity contribution in [2.75, 3.05) is 6.61 Å². The Hall–Kier alpha value is -1.37. The lowest BCUT2D eigenvalue weighted by Crippen LogP contribution is -2.60. The second kappa shape index (κ2) is 11.4. The van der Waals surface area contributed by atoms with Crippen LogP contribution in [0.5, 0.6) is 0 Å². The summed E-state index contributed by atoms with van der Waals surface area (Å²) >= 11 is 0. The van der Waals surface area contributed by atoms with Crippen molar-refractivity contribution in [3.8, 4) is 0 Å². The molecule has 0 aromatic heterocycles. The van der Waals surface area contributed by atoms with Gasteiger partial charge in [-0.3, -0.25) is 0 Å². The van der Waals surface area contributed by atoms with Gasteiger partial charge in [-0.1, -0.05) is 31.1 Å². The molecule has 44 heavy (non-hydrogen) atoms. The molecule has 3 saturated carbocycles. The largest absolute Gasteiger partial charge is 0.456 e. The van der Waals surface area contributed by atoms with Crippen LogP contribution in [0.4, 0.5) is 0 Å². The Morgan fingerprint density at radius 3 is 2.43 bits per heavy atom. The molecule has 6 aliphatic rings. The normalized spacial score (nSPS) is 50.6. The van der Waals surface area contributed by atoms with Crippen LogP contribution < -0.4 is 0 Å². The van der Waals surface area contributed by atoms with E-state index in [1.807, 2.05) is 13.8 Å². The smallest absolute Gasteiger partial charge is 0.334 e. The number of cyclic esters (lactones) is 1. The minimum atomic E-state index is -1.52. The van der Waals surface area contributed by atoms with E-state index in [0.717, 1.165) is 49.7 Å². The van der Waals surface area contributed by atoms with Crippen molar-refractivity contribution < 1.29 is 49.6 Å². The van der Waals surface area contributed by atoms with Crippen LogP contribution in [0.2, 0.25) is 0 Å². The van der Waals surface area contributed by atoms with Gasteiger partial charge < -0.3 is 44.8 Å². The molecule has 10 nitrogen and oxygen atoms in total. The van der Waals surface area contributed by atoms with E-state index < -0.39 is 66.6 Å². The number of carbonyl (C=O) groups excluding carboxylic acids is 1. The van der Waals surface area contributed by atoms with Gasteiger partial charge in [0.15, 0.2) is 6.29 Å². The molecule has 0 aromatic carbocycles. The molecule has 0 unspecified atom stereocenters. The first-order valence-corrected chi connectivity index (χ1v) is 16.6. The third kappa shape index (κ3) is 4.86. The number of carbonyl (C=O) groups is 1. The summed E-state index contributed by atoms with van der Waals surface area (Å²) in [5, 5.41) is 64.2. The fraction of sp³-hybridized carbons (Fsp3) is 0.853. The standard InChI is InChI=1S/C34H52O10/c1-16-12-26(44-30(40)17(16)2)34(5,41)24-9-8-21-20-7-6-18-13-19(42-31-29(39)28(38)27(37)23(15-35)43-31)14-25(36)33(18,4)22(20)10-11-32(21,24)3/h13,19-29,31,35-39,41H,6-12,14-15H2,1-5H3/t19-,20+,21+,22+,23-,24+,25+,26-,27-,28+,29-,31-,32+,33+,34-/m1/s1. The molecule has 10 heteroatoms. The third-order valence-corrected chi connectivity index (χ3v) is 13.4. The van der Waals surface area contributed by atoms with Crippen LogP contribution in [0.3, 0.4) is 0 Å². The Balaban J connectivity index is 1.19. The van der Waals surface area contributed by atoms with Gasteiger partial charge in [0.25, 0.3) is 0 Å². The third-order valence-electron chi connectivity index (χ3n) is 13.4. The van der Waals surface area contributed by atoms with Gasteiger partial charge in [0.2, 0.25) is 0 Å². The van der Waals surface area contributed by atoms with E-state index in [4.69, 9.17) is 14.2 Å². The Bertz CT molecular complexity index is 1190. The quantitative estimate of drug-likeness (QED) is 0.198. The summed E-state index contributed by atoms with van der Waals surface area (Å²) in [4.78, 5) is 12.6. The van der Waals surface area contributed by atoms with E-state index in [0.29, 0.717) is 30.3 Å². The number of ether oxygens (including phenoxy) is 3. The highest BCUT2D eigenvalue weighted by Crippen LogP contribution is 2.68. The van der Waals surface area contributed by atoms with Crippen molar-refractivity contribution in [3.05, 3.63) is 22.8 Å². The van der Waals surface area contributed by atoms with E-state index in [2.05, 4.69) is 19.9 Å². The average Bonchev–Trinajstić information content (AvgIpc) is 3.34. The molecular formula is C34H52O10. The Morgan fingerprint density at radius 2 is 1.75 bits per heavy atom. The summed E-state index contributed by atoms with van der Waals surface area (Å²) in [7, 11) is 0. The molecular weight excluding hydrogens is 568 g/mol. The maximum atomic E-state index is 12.6. The molecule has 2 aliphatic heterocycles. The van der Waals surface area contributed by atoms with Crippen LogP contribution in [0.15, 0.2) is 22.8 Å². The fourth-order valence-electron chi connectivity index (χ4n) is 10.6. The first-order chi connectivity index (χ1) is 20.6. The van der Waals surface area contributed by atoms with E-state index in [-0.39, 0.29) is 23.2 Å². The van der Waals surface area contributed by atoms with Crippen LogP contribution in [0.25, 0.3) is 0 Å². The molecule has 0 amide bonds. The van der Waals surface area contributed by atoms with E-state index in [1.165, 1.54) is 0 Å². The highest BCUT2D eigenvalue weighted by molar-refractivity contribution is 5.89. The van der Waals surface area contributed by atoms with Crippen LogP contribution >= 0.6 is 0 Å². The van der Waals surface area contributed by atoms with Crippen molar-refractivity contribution in [1.29, 1.82) is 0 Å². The van der Waals surface area contributed by atoms with Gasteiger partial charge >= 0.3 is 5.97 Å². The highest BCUT2D eigenvalue weighted by atomic mass is 16.7. The summed E-state index contributed by atoms with van der Waals surface area (Å²) in [6.45, 7) is 9.58. The molecule has 248 valence electrons. The molecule has 6 N–H and O–H groups in total. The predicted molar refractivity (Wildman–Crippen MR) is 159 cm³/mol. The van der Waals surface area contributed by atoms with Gasteiger partial charge in [-0.2, -0.15) is 0 Å². The Morgan fingerprint density at radius 1 is 1.02 bits per heavy atom. The number of aliphatic hydroxyl groups excluding tert-OH is 5. The second-order valence-corrected chi connectivity index (χ2v) is 15.4. The zero-order valence-electron chi connectivity index (χ0n) is 26.7. The van der Waals surface area contributed by atoms with Gasteiger partial charge in [0.05, 0.1) is 18.8 Å². The molecule has 1 saturated heterocycles. The first-order valence-electron chi connectivity index (χ1n) is 16.6. The first kappa shape index (κ1) is 32.6. The average molecular weight is 621 g/mol. The molecule has 15 atom stereocenters. The number of hydrogen-bond acceptors (Lipinski definition) is 10. The van der Waals surface area contributed by atoms with Crippen molar-refractivity contribution >= 4 is 5.97 Å². The van der Waals surface area contributed by atoms with Crippen molar-refractivity contribution in [3.63, 3.8) is 0 Å². The maximum Gasteiger partial charge on any atom is 0.334 e. The number of aliphatic hydroxyl groups is 6. The molecule has 4 fully saturated rings. The van der Waals surface area contributed by atoms with Crippen LogP contribution in [-0.2, 0) is 19.0 Å². The van der Waals surface area contributed by atoms with Gasteiger partial charge in [0, 0.05) is 23.8 Å². The van der Waals surface area contributed by atoms with Gasteiger partial charge in [-0.25, -0.2) is 4.79 Å². The monoisotopic (exact) mass is 620 g/mol. The van der Waals surface area contributed by atoms with Crippen LogP contribution in [0.1, 0.15) is 86.0 Å². The van der Waals surface area contributed by atoms with Gasteiger partial charge in [-0.15, -0.1) is 0 Å². The van der Waals surface area contributed by atoms with Crippen molar-refractivity contribution in [2.45, 2.75) is 141 Å². The van der Waals surface area contributed by atoms with E-state index in [9.17, 15) is 35.4 Å². The van der Waals surface area contributed by atoms with E-state index >= 15 is 0 Å². The number of rotatable bonds is 5. The fourth-order valence-corrected chi connectivity index (χ4v) is 10.6. The minimum Gasteiger partial charge on any atom is -0.456 e. The number of esters is 1.